The molecule has 1 aromatic heterocycles. The summed E-state index contributed by atoms with van der Waals surface area (Å²) in [7, 11) is 4.25. The molecule has 0 aliphatic heterocycles. The Kier molecular flexibility index (Phi) is 4.51. The van der Waals surface area contributed by atoms with Gasteiger partial charge in [0.1, 0.15) is 23.9 Å². The van der Waals surface area contributed by atoms with E-state index in [9.17, 15) is 15.0 Å². The molecule has 0 spiro atoms. The van der Waals surface area contributed by atoms with Gasteiger partial charge in [-0.1, -0.05) is 18.9 Å². The number of aromatic hydroxyl groups is 1. The summed E-state index contributed by atoms with van der Waals surface area (Å²) in [6.07, 6.45) is 5.72. The van der Waals surface area contributed by atoms with Crippen molar-refractivity contribution in [3.05, 3.63) is 53.0 Å². The lowest BCUT2D eigenvalue weighted by Crippen LogP contribution is -2.65. The number of nitrogens with zero attached hydrogens (tertiary/aromatic N) is 1. The van der Waals surface area contributed by atoms with Crippen molar-refractivity contribution >= 4 is 5.91 Å². The Morgan fingerprint density at radius 1 is 1.32 bits per heavy atom. The van der Waals surface area contributed by atoms with Crippen molar-refractivity contribution in [3.63, 3.8) is 0 Å². The number of phenols is 1. The molecule has 2 aliphatic carbocycles. The van der Waals surface area contributed by atoms with Crippen molar-refractivity contribution in [1.29, 1.82) is 0 Å². The second-order valence-electron chi connectivity index (χ2n) is 8.92. The first kappa shape index (κ1) is 19.0. The molecule has 150 valence electrons. The molecule has 1 fully saturated rings. The minimum Gasteiger partial charge on any atom is -0.507 e. The maximum absolute atomic E-state index is 11.9. The van der Waals surface area contributed by atoms with E-state index in [1.807, 2.05) is 18.2 Å². The van der Waals surface area contributed by atoms with Crippen LogP contribution in [0, 0.1) is 0 Å². The number of aliphatic hydroxyl groups is 1. The molecule has 0 radical (unpaired) electrons. The fourth-order valence-corrected chi connectivity index (χ4v) is 5.54. The van der Waals surface area contributed by atoms with Crippen LogP contribution in [0.5, 0.6) is 5.75 Å². The van der Waals surface area contributed by atoms with Gasteiger partial charge in [-0.15, -0.1) is 0 Å². The van der Waals surface area contributed by atoms with Crippen LogP contribution in [-0.2, 0) is 13.0 Å². The highest BCUT2D eigenvalue weighted by Gasteiger charge is 2.57. The molecule has 6 heteroatoms. The fourth-order valence-electron chi connectivity index (χ4n) is 5.54. The van der Waals surface area contributed by atoms with Crippen LogP contribution in [0.2, 0.25) is 0 Å². The van der Waals surface area contributed by atoms with Crippen LogP contribution in [0.1, 0.15) is 58.8 Å². The lowest BCUT2D eigenvalue weighted by molar-refractivity contribution is -0.936. The van der Waals surface area contributed by atoms with E-state index in [1.54, 1.807) is 12.3 Å². The number of benzene rings is 1. The summed E-state index contributed by atoms with van der Waals surface area (Å²) in [6.45, 7) is 0.674. The predicted octanol–water partition coefficient (Wildman–Crippen LogP) is 2.67. The van der Waals surface area contributed by atoms with Crippen molar-refractivity contribution in [2.75, 3.05) is 14.1 Å². The van der Waals surface area contributed by atoms with Crippen molar-refractivity contribution in [2.45, 2.75) is 56.2 Å². The summed E-state index contributed by atoms with van der Waals surface area (Å²) in [5.41, 5.74) is 6.34. The van der Waals surface area contributed by atoms with Gasteiger partial charge in [0.25, 0.3) is 5.91 Å². The first-order valence-electron chi connectivity index (χ1n) is 9.96. The summed E-state index contributed by atoms with van der Waals surface area (Å²) in [4.78, 5) is 11.7. The van der Waals surface area contributed by atoms with Gasteiger partial charge in [0.15, 0.2) is 5.76 Å². The van der Waals surface area contributed by atoms with E-state index in [2.05, 4.69) is 14.1 Å². The molecule has 3 atom stereocenters. The lowest BCUT2D eigenvalue weighted by Gasteiger charge is -2.54. The van der Waals surface area contributed by atoms with Crippen LogP contribution < -0.4 is 5.73 Å². The number of hydrogen-bond acceptors (Lipinski definition) is 4. The van der Waals surface area contributed by atoms with E-state index >= 15 is 0 Å². The minimum absolute atomic E-state index is 0.0470. The number of quaternary nitrogens is 1. The van der Waals surface area contributed by atoms with E-state index in [4.69, 9.17) is 10.2 Å². The third-order valence-corrected chi connectivity index (χ3v) is 6.82. The number of likely N-dealkylation sites (N-methyl/N-ethyl adjacent to an activating group) is 1. The number of furan rings is 1. The number of primary amides is 1. The van der Waals surface area contributed by atoms with Gasteiger partial charge < -0.3 is 24.8 Å². The Morgan fingerprint density at radius 2 is 2.11 bits per heavy atom. The van der Waals surface area contributed by atoms with Gasteiger partial charge in [-0.05, 0) is 36.6 Å². The highest BCUT2D eigenvalue weighted by atomic mass is 16.3. The second-order valence-corrected chi connectivity index (χ2v) is 8.92. The van der Waals surface area contributed by atoms with Gasteiger partial charge in [0.05, 0.1) is 25.9 Å². The average molecular weight is 385 g/mol. The Hall–Kier alpha value is -2.31. The molecular formula is C22H29N2O4+. The van der Waals surface area contributed by atoms with Gasteiger partial charge in [-0.25, -0.2) is 0 Å². The van der Waals surface area contributed by atoms with Crippen LogP contribution in [0.25, 0.3) is 0 Å². The molecule has 4 N–H and O–H groups in total. The maximum Gasteiger partial charge on any atom is 0.252 e. The average Bonchev–Trinajstić information content (AvgIpc) is 3.12. The topological polar surface area (TPSA) is 96.7 Å². The lowest BCUT2D eigenvalue weighted by atomic mass is 9.61. The van der Waals surface area contributed by atoms with E-state index in [-0.39, 0.29) is 23.3 Å². The summed E-state index contributed by atoms with van der Waals surface area (Å²) >= 11 is 0. The number of carbonyl (C=O) groups excluding carboxylic acids is 1. The zero-order chi connectivity index (χ0) is 20.1. The monoisotopic (exact) mass is 385 g/mol. The van der Waals surface area contributed by atoms with Gasteiger partial charge in [0.2, 0.25) is 0 Å². The Balaban J connectivity index is 1.80. The number of hydrogen-bond donors (Lipinski definition) is 3. The van der Waals surface area contributed by atoms with Gasteiger partial charge in [-0.3, -0.25) is 4.79 Å². The molecular weight excluding hydrogens is 356 g/mol. The van der Waals surface area contributed by atoms with Crippen molar-refractivity contribution < 1.29 is 23.9 Å². The molecule has 2 aromatic rings. The molecule has 1 heterocycles. The summed E-state index contributed by atoms with van der Waals surface area (Å²) in [5.74, 6) is -0.0113. The number of fused-ring (bicyclic) bond motifs is 3. The molecule has 1 aromatic carbocycles. The molecule has 28 heavy (non-hydrogen) atoms. The molecule has 1 amide bonds. The summed E-state index contributed by atoms with van der Waals surface area (Å²) in [6, 6.07) is 7.29. The highest BCUT2D eigenvalue weighted by Crippen LogP contribution is 2.53. The molecule has 1 unspecified atom stereocenters. The van der Waals surface area contributed by atoms with Crippen LogP contribution in [0.4, 0.5) is 0 Å². The smallest absolute Gasteiger partial charge is 0.252 e. The quantitative estimate of drug-likeness (QED) is 0.705. The van der Waals surface area contributed by atoms with Crippen molar-refractivity contribution in [1.82, 2.24) is 0 Å². The first-order valence-corrected chi connectivity index (χ1v) is 9.96. The van der Waals surface area contributed by atoms with Gasteiger partial charge in [-0.2, -0.15) is 0 Å². The van der Waals surface area contributed by atoms with E-state index in [1.165, 1.54) is 0 Å². The third-order valence-electron chi connectivity index (χ3n) is 6.82. The van der Waals surface area contributed by atoms with Gasteiger partial charge in [0, 0.05) is 17.9 Å². The molecule has 4 rings (SSSR count). The number of amides is 1. The zero-order valence-corrected chi connectivity index (χ0v) is 16.5. The largest absolute Gasteiger partial charge is 0.507 e. The predicted molar refractivity (Wildman–Crippen MR) is 105 cm³/mol. The van der Waals surface area contributed by atoms with Crippen molar-refractivity contribution in [2.24, 2.45) is 5.73 Å². The van der Waals surface area contributed by atoms with Crippen LogP contribution in [0.3, 0.4) is 0 Å². The zero-order valence-electron chi connectivity index (χ0n) is 16.5. The molecule has 2 aliphatic rings. The van der Waals surface area contributed by atoms with E-state index in [0.29, 0.717) is 29.4 Å². The van der Waals surface area contributed by atoms with E-state index in [0.717, 1.165) is 30.6 Å². The molecule has 6 nitrogen and oxygen atoms in total. The van der Waals surface area contributed by atoms with Crippen LogP contribution in [-0.4, -0.2) is 46.3 Å². The Labute approximate surface area is 165 Å². The number of carbonyl (C=O) groups is 1. The first-order chi connectivity index (χ1) is 13.2. The second kappa shape index (κ2) is 6.64. The third kappa shape index (κ3) is 2.91. The summed E-state index contributed by atoms with van der Waals surface area (Å²) in [5, 5.41) is 22.8. The Morgan fingerprint density at radius 3 is 2.79 bits per heavy atom. The Bertz CT molecular complexity index is 890. The number of rotatable bonds is 4. The minimum atomic E-state index is -0.949. The van der Waals surface area contributed by atoms with Gasteiger partial charge >= 0.3 is 0 Å². The fraction of sp³-hybridized carbons (Fsp3) is 0.500. The molecule has 0 saturated heterocycles. The van der Waals surface area contributed by atoms with Crippen molar-refractivity contribution in [3.8, 4) is 5.75 Å². The summed E-state index contributed by atoms with van der Waals surface area (Å²) < 4.78 is 6.15. The standard InChI is InChI=1S/C22H28N2O4/c1-24(2,13-15-6-5-11-28-15)18-12-14-8-9-16(21(23)26)20(25)19(14)17-7-3-4-10-22(17,18)27/h5-6,8-9,11,17-18,27H,3-4,7,10,12-13H2,1-2H3,(H2-,23,25,26)/p+1/t17?,18-,22+/m1/s1. The number of nitrogens with two attached hydrogens (primary N) is 1. The van der Waals surface area contributed by atoms with E-state index < -0.39 is 11.5 Å². The van der Waals surface area contributed by atoms with Crippen LogP contribution >= 0.6 is 0 Å². The van der Waals surface area contributed by atoms with Crippen LogP contribution in [0.15, 0.2) is 34.9 Å². The SMILES string of the molecule is C[N+](C)(Cc1ccco1)[C@@H]1Cc2ccc(C(N)=O)c(O)c2C2CCCC[C@]21O. The molecule has 1 saturated carbocycles. The highest BCUT2D eigenvalue weighted by molar-refractivity contribution is 5.96. The normalized spacial score (nSPS) is 27.1. The molecule has 0 bridgehead atoms. The maximum atomic E-state index is 11.9.